The summed E-state index contributed by atoms with van der Waals surface area (Å²) in [5, 5.41) is 5.25. The van der Waals surface area contributed by atoms with E-state index in [1.807, 2.05) is 11.4 Å². The highest BCUT2D eigenvalue weighted by Gasteiger charge is 2.24. The van der Waals surface area contributed by atoms with Gasteiger partial charge in [0.15, 0.2) is 11.5 Å². The highest BCUT2D eigenvalue weighted by Crippen LogP contribution is 2.39. The molecule has 0 radical (unpaired) electrons. The number of hydrogen-bond donors (Lipinski definition) is 1. The second-order valence-electron chi connectivity index (χ2n) is 7.27. The fourth-order valence-electron chi connectivity index (χ4n) is 3.45. The molecule has 1 aliphatic rings. The van der Waals surface area contributed by atoms with Gasteiger partial charge in [0.2, 0.25) is 5.91 Å². The molecule has 1 amide bonds. The Hall–Kier alpha value is -2.62. The topological polar surface area (TPSA) is 80.3 Å². The number of carbonyl (C=O) groups excluding carboxylic acids is 2. The normalized spacial score (nSPS) is 14.8. The molecule has 1 saturated heterocycles. The Morgan fingerprint density at radius 2 is 1.81 bits per heavy atom. The minimum atomic E-state index is -0.469. The van der Waals surface area contributed by atoms with E-state index in [0.29, 0.717) is 34.2 Å². The summed E-state index contributed by atoms with van der Waals surface area (Å²) in [5.41, 5.74) is 1.81. The molecule has 0 saturated carbocycles. The lowest BCUT2D eigenvalue weighted by atomic mass is 10.0. The minimum Gasteiger partial charge on any atom is -0.493 e. The van der Waals surface area contributed by atoms with Crippen LogP contribution in [0.4, 0.5) is 5.00 Å². The van der Waals surface area contributed by atoms with E-state index in [9.17, 15) is 9.59 Å². The van der Waals surface area contributed by atoms with Crippen LogP contribution in [0, 0.1) is 0 Å². The van der Waals surface area contributed by atoms with E-state index < -0.39 is 5.97 Å². The van der Waals surface area contributed by atoms with Gasteiger partial charge in [-0.1, -0.05) is 6.07 Å². The van der Waals surface area contributed by atoms with Crippen LogP contribution in [0.25, 0.3) is 11.1 Å². The van der Waals surface area contributed by atoms with Crippen molar-refractivity contribution < 1.29 is 23.8 Å². The average molecular weight is 448 g/mol. The molecular weight excluding hydrogens is 418 g/mol. The zero-order valence-corrected chi connectivity index (χ0v) is 19.2. The molecule has 1 aromatic heterocycles. The number of benzene rings is 1. The molecule has 0 unspecified atom stereocenters. The van der Waals surface area contributed by atoms with Crippen molar-refractivity contribution >= 4 is 28.2 Å². The van der Waals surface area contributed by atoms with E-state index in [2.05, 4.69) is 22.2 Å². The van der Waals surface area contributed by atoms with Crippen LogP contribution in [0.2, 0.25) is 0 Å². The molecular formula is C22H29N3O5S. The number of likely N-dealkylation sites (N-methyl/N-ethyl adjacent to an activating group) is 1. The third-order valence-corrected chi connectivity index (χ3v) is 6.08. The molecule has 0 atom stereocenters. The Morgan fingerprint density at radius 3 is 2.45 bits per heavy atom. The Labute approximate surface area is 186 Å². The molecule has 31 heavy (non-hydrogen) atoms. The summed E-state index contributed by atoms with van der Waals surface area (Å²) >= 11 is 1.31. The van der Waals surface area contributed by atoms with Crippen molar-refractivity contribution in [2.75, 3.05) is 65.9 Å². The third-order valence-electron chi connectivity index (χ3n) is 5.18. The Morgan fingerprint density at radius 1 is 1.10 bits per heavy atom. The molecule has 2 aromatic rings. The van der Waals surface area contributed by atoms with Crippen LogP contribution in [-0.2, 0) is 9.53 Å². The van der Waals surface area contributed by atoms with Gasteiger partial charge in [-0.15, -0.1) is 11.3 Å². The highest BCUT2D eigenvalue weighted by atomic mass is 32.1. The molecule has 2 heterocycles. The molecule has 168 valence electrons. The van der Waals surface area contributed by atoms with Gasteiger partial charge in [0.05, 0.1) is 27.4 Å². The standard InChI is InChI=1S/C22H29N3O5S/c1-5-30-22(27)20-16(15-6-7-17(28-3)18(12-15)29-4)14-31-21(20)23-19(26)13-25-10-8-24(2)9-11-25/h6-7,12,14H,5,8-11,13H2,1-4H3,(H,23,26). The number of carbonyl (C=O) groups is 2. The Bertz CT molecular complexity index is 922. The first-order valence-corrected chi connectivity index (χ1v) is 11.1. The maximum Gasteiger partial charge on any atom is 0.341 e. The van der Waals surface area contributed by atoms with Gasteiger partial charge in [0.1, 0.15) is 10.6 Å². The lowest BCUT2D eigenvalue weighted by Gasteiger charge is -2.31. The second-order valence-corrected chi connectivity index (χ2v) is 8.15. The number of methoxy groups -OCH3 is 2. The van der Waals surface area contributed by atoms with E-state index >= 15 is 0 Å². The van der Waals surface area contributed by atoms with Gasteiger partial charge < -0.3 is 24.4 Å². The monoisotopic (exact) mass is 447 g/mol. The summed E-state index contributed by atoms with van der Waals surface area (Å²) in [6.07, 6.45) is 0. The molecule has 1 aliphatic heterocycles. The summed E-state index contributed by atoms with van der Waals surface area (Å²) in [4.78, 5) is 29.8. The Balaban J connectivity index is 1.85. The zero-order valence-electron chi connectivity index (χ0n) is 18.4. The van der Waals surface area contributed by atoms with Gasteiger partial charge in [-0.2, -0.15) is 0 Å². The maximum absolute atomic E-state index is 12.8. The lowest BCUT2D eigenvalue weighted by molar-refractivity contribution is -0.117. The number of nitrogens with zero attached hydrogens (tertiary/aromatic N) is 2. The summed E-state index contributed by atoms with van der Waals surface area (Å²) in [6, 6.07) is 5.44. The van der Waals surface area contributed by atoms with Crippen molar-refractivity contribution in [2.45, 2.75) is 6.92 Å². The number of amides is 1. The fourth-order valence-corrected chi connectivity index (χ4v) is 4.42. The molecule has 1 N–H and O–H groups in total. The van der Waals surface area contributed by atoms with Gasteiger partial charge >= 0.3 is 5.97 Å². The zero-order chi connectivity index (χ0) is 22.4. The van der Waals surface area contributed by atoms with Crippen molar-refractivity contribution in [3.05, 3.63) is 29.1 Å². The quantitative estimate of drug-likeness (QED) is 0.623. The molecule has 0 spiro atoms. The predicted octanol–water partition coefficient (Wildman–Crippen LogP) is 2.79. The SMILES string of the molecule is CCOC(=O)c1c(-c2ccc(OC)c(OC)c2)csc1NC(=O)CN1CCN(C)CC1. The van der Waals surface area contributed by atoms with Crippen molar-refractivity contribution in [2.24, 2.45) is 0 Å². The Kier molecular flexibility index (Phi) is 7.89. The van der Waals surface area contributed by atoms with Crippen LogP contribution in [0.3, 0.4) is 0 Å². The molecule has 0 aliphatic carbocycles. The highest BCUT2D eigenvalue weighted by molar-refractivity contribution is 7.15. The molecule has 0 bridgehead atoms. The summed E-state index contributed by atoms with van der Waals surface area (Å²) < 4.78 is 16.0. The number of anilines is 1. The minimum absolute atomic E-state index is 0.143. The molecule has 3 rings (SSSR count). The molecule has 1 aromatic carbocycles. The van der Waals surface area contributed by atoms with E-state index in [1.54, 1.807) is 33.3 Å². The van der Waals surface area contributed by atoms with E-state index in [4.69, 9.17) is 14.2 Å². The molecule has 8 nitrogen and oxygen atoms in total. The first-order chi connectivity index (χ1) is 15.0. The summed E-state index contributed by atoms with van der Waals surface area (Å²) in [6.45, 7) is 5.85. The van der Waals surface area contributed by atoms with E-state index in [0.717, 1.165) is 31.7 Å². The lowest BCUT2D eigenvalue weighted by Crippen LogP contribution is -2.47. The van der Waals surface area contributed by atoms with Crippen LogP contribution in [0.5, 0.6) is 11.5 Å². The van der Waals surface area contributed by atoms with Gasteiger partial charge in [-0.25, -0.2) is 4.79 Å². The number of nitrogens with one attached hydrogen (secondary N) is 1. The van der Waals surface area contributed by atoms with Gasteiger partial charge in [-0.05, 0) is 31.7 Å². The van der Waals surface area contributed by atoms with Crippen molar-refractivity contribution in [1.29, 1.82) is 0 Å². The number of hydrogen-bond acceptors (Lipinski definition) is 8. The fraction of sp³-hybridized carbons (Fsp3) is 0.455. The van der Waals surface area contributed by atoms with Crippen LogP contribution < -0.4 is 14.8 Å². The molecule has 1 fully saturated rings. The van der Waals surface area contributed by atoms with Crippen molar-refractivity contribution in [3.63, 3.8) is 0 Å². The number of piperazine rings is 1. The van der Waals surface area contributed by atoms with E-state index in [-0.39, 0.29) is 12.5 Å². The van der Waals surface area contributed by atoms with Gasteiger partial charge in [-0.3, -0.25) is 9.69 Å². The largest absolute Gasteiger partial charge is 0.493 e. The van der Waals surface area contributed by atoms with Crippen LogP contribution in [-0.4, -0.2) is 82.3 Å². The number of rotatable bonds is 8. The van der Waals surface area contributed by atoms with Crippen molar-refractivity contribution in [1.82, 2.24) is 9.80 Å². The summed E-state index contributed by atoms with van der Waals surface area (Å²) in [5.74, 6) is 0.542. The van der Waals surface area contributed by atoms with Crippen LogP contribution in [0.15, 0.2) is 23.6 Å². The smallest absolute Gasteiger partial charge is 0.341 e. The average Bonchev–Trinajstić information content (AvgIpc) is 3.18. The first kappa shape index (κ1) is 23.1. The molecule has 9 heteroatoms. The van der Waals surface area contributed by atoms with Gasteiger partial charge in [0, 0.05) is 37.1 Å². The van der Waals surface area contributed by atoms with Crippen LogP contribution >= 0.6 is 11.3 Å². The number of esters is 1. The predicted molar refractivity (Wildman–Crippen MR) is 121 cm³/mol. The maximum atomic E-state index is 12.8. The number of ether oxygens (including phenoxy) is 3. The summed E-state index contributed by atoms with van der Waals surface area (Å²) in [7, 11) is 5.20. The van der Waals surface area contributed by atoms with Crippen LogP contribution in [0.1, 0.15) is 17.3 Å². The van der Waals surface area contributed by atoms with Crippen molar-refractivity contribution in [3.8, 4) is 22.6 Å². The van der Waals surface area contributed by atoms with E-state index in [1.165, 1.54) is 11.3 Å². The third kappa shape index (κ3) is 5.55. The van der Waals surface area contributed by atoms with Gasteiger partial charge in [0.25, 0.3) is 0 Å². The number of thiophene rings is 1. The first-order valence-electron chi connectivity index (χ1n) is 10.2. The second kappa shape index (κ2) is 10.6.